The molecule has 0 aliphatic rings. The van der Waals surface area contributed by atoms with E-state index in [1.165, 1.54) is 5.56 Å². The maximum Gasteiger partial charge on any atom is 0.160 e. The van der Waals surface area contributed by atoms with Crippen LogP contribution < -0.4 is 10.1 Å². The molecule has 2 N–H and O–H groups in total. The first kappa shape index (κ1) is 14.3. The number of hydrogen-bond donors (Lipinski definition) is 2. The third kappa shape index (κ3) is 3.27. The van der Waals surface area contributed by atoms with E-state index >= 15 is 0 Å². The third-order valence-electron chi connectivity index (χ3n) is 3.41. The summed E-state index contributed by atoms with van der Waals surface area (Å²) in [5.41, 5.74) is 2.26. The van der Waals surface area contributed by atoms with E-state index in [1.54, 1.807) is 25.6 Å². The summed E-state index contributed by atoms with van der Waals surface area (Å²) in [7, 11) is 1.55. The molecule has 1 heterocycles. The second-order valence-electron chi connectivity index (χ2n) is 4.82. The van der Waals surface area contributed by atoms with Crippen molar-refractivity contribution in [3.05, 3.63) is 53.9 Å². The monoisotopic (exact) mass is 272 g/mol. The zero-order valence-corrected chi connectivity index (χ0v) is 12.0. The predicted molar refractivity (Wildman–Crippen MR) is 78.9 cm³/mol. The van der Waals surface area contributed by atoms with E-state index in [4.69, 9.17) is 4.74 Å². The molecule has 1 aromatic carbocycles. The molecule has 0 saturated carbocycles. The molecule has 0 bridgehead atoms. The van der Waals surface area contributed by atoms with Crippen molar-refractivity contribution in [3.8, 4) is 11.5 Å². The number of pyridine rings is 1. The van der Waals surface area contributed by atoms with Crippen LogP contribution in [0.25, 0.3) is 0 Å². The van der Waals surface area contributed by atoms with Gasteiger partial charge in [0, 0.05) is 24.5 Å². The van der Waals surface area contributed by atoms with Crippen molar-refractivity contribution in [2.24, 2.45) is 0 Å². The van der Waals surface area contributed by atoms with Crippen molar-refractivity contribution >= 4 is 0 Å². The van der Waals surface area contributed by atoms with Crippen LogP contribution in [0.2, 0.25) is 0 Å². The van der Waals surface area contributed by atoms with Gasteiger partial charge in [-0.05, 0) is 49.2 Å². The van der Waals surface area contributed by atoms with Gasteiger partial charge in [0.25, 0.3) is 0 Å². The predicted octanol–water partition coefficient (Wildman–Crippen LogP) is 3.21. The van der Waals surface area contributed by atoms with Gasteiger partial charge in [-0.1, -0.05) is 6.07 Å². The molecular weight excluding hydrogens is 252 g/mol. The van der Waals surface area contributed by atoms with Crippen LogP contribution in [-0.4, -0.2) is 17.2 Å². The summed E-state index contributed by atoms with van der Waals surface area (Å²) < 4.78 is 5.14. The highest BCUT2D eigenvalue weighted by atomic mass is 16.5. The highest BCUT2D eigenvalue weighted by Crippen LogP contribution is 2.29. The summed E-state index contributed by atoms with van der Waals surface area (Å²) in [6.07, 6.45) is 3.59. The number of nitrogens with one attached hydrogen (secondary N) is 1. The number of benzene rings is 1. The Morgan fingerprint density at radius 1 is 1.05 bits per heavy atom. The van der Waals surface area contributed by atoms with Crippen molar-refractivity contribution < 1.29 is 9.84 Å². The largest absolute Gasteiger partial charge is 0.504 e. The van der Waals surface area contributed by atoms with Gasteiger partial charge in [0.1, 0.15) is 0 Å². The highest BCUT2D eigenvalue weighted by Gasteiger charge is 2.13. The fourth-order valence-electron chi connectivity index (χ4n) is 2.18. The molecule has 20 heavy (non-hydrogen) atoms. The molecule has 0 fully saturated rings. The number of phenolic OH excluding ortho intramolecular Hbond substituents is 1. The second-order valence-corrected chi connectivity index (χ2v) is 4.82. The Bertz CT molecular complexity index is 558. The zero-order chi connectivity index (χ0) is 14.5. The molecular formula is C16H20N2O2. The number of ether oxygens (including phenoxy) is 1. The molecule has 2 unspecified atom stereocenters. The van der Waals surface area contributed by atoms with E-state index < -0.39 is 0 Å². The minimum absolute atomic E-state index is 0.146. The first-order chi connectivity index (χ1) is 9.61. The van der Waals surface area contributed by atoms with Crippen LogP contribution >= 0.6 is 0 Å². The minimum atomic E-state index is 0.146. The summed E-state index contributed by atoms with van der Waals surface area (Å²) in [4.78, 5) is 4.03. The molecule has 1 aromatic heterocycles. The molecule has 2 rings (SSSR count). The molecule has 4 nitrogen and oxygen atoms in total. The van der Waals surface area contributed by atoms with Crippen LogP contribution in [0.5, 0.6) is 11.5 Å². The van der Waals surface area contributed by atoms with Crippen LogP contribution in [0, 0.1) is 0 Å². The van der Waals surface area contributed by atoms with Crippen LogP contribution in [0.15, 0.2) is 42.7 Å². The summed E-state index contributed by atoms with van der Waals surface area (Å²) in [6.45, 7) is 4.20. The molecule has 0 spiro atoms. The Morgan fingerprint density at radius 2 is 1.70 bits per heavy atom. The van der Waals surface area contributed by atoms with E-state index in [9.17, 15) is 5.11 Å². The molecule has 4 heteroatoms. The van der Waals surface area contributed by atoms with E-state index in [0.29, 0.717) is 5.75 Å². The lowest BCUT2D eigenvalue weighted by Crippen LogP contribution is -2.22. The average molecular weight is 272 g/mol. The molecule has 0 saturated heterocycles. The Morgan fingerprint density at radius 3 is 2.35 bits per heavy atom. The lowest BCUT2D eigenvalue weighted by atomic mass is 10.0. The molecule has 106 valence electrons. The number of rotatable bonds is 5. The van der Waals surface area contributed by atoms with Gasteiger partial charge in [-0.15, -0.1) is 0 Å². The van der Waals surface area contributed by atoms with Crippen molar-refractivity contribution in [1.29, 1.82) is 0 Å². The summed E-state index contributed by atoms with van der Waals surface area (Å²) >= 11 is 0. The number of phenols is 1. The van der Waals surface area contributed by atoms with Gasteiger partial charge in [-0.3, -0.25) is 4.98 Å². The summed E-state index contributed by atoms with van der Waals surface area (Å²) in [5.74, 6) is 0.651. The maximum absolute atomic E-state index is 9.62. The lowest BCUT2D eigenvalue weighted by molar-refractivity contribution is 0.371. The Hall–Kier alpha value is -2.07. The van der Waals surface area contributed by atoms with Crippen LogP contribution in [0.3, 0.4) is 0 Å². The number of methoxy groups -OCH3 is 1. The number of nitrogens with zero attached hydrogens (tertiary/aromatic N) is 1. The molecule has 2 atom stereocenters. The Balaban J connectivity index is 2.10. The third-order valence-corrected chi connectivity index (χ3v) is 3.41. The fraction of sp³-hybridized carbons (Fsp3) is 0.312. The smallest absolute Gasteiger partial charge is 0.160 e. The van der Waals surface area contributed by atoms with E-state index in [1.807, 2.05) is 24.3 Å². The standard InChI is InChI=1S/C16H20N2O2/c1-11(13-6-8-17-9-7-13)18-12(2)14-4-5-15(19)16(10-14)20-3/h4-12,18-19H,1-3H3. The van der Waals surface area contributed by atoms with Crippen molar-refractivity contribution in [2.75, 3.05) is 7.11 Å². The topological polar surface area (TPSA) is 54.4 Å². The van der Waals surface area contributed by atoms with Crippen LogP contribution in [0.4, 0.5) is 0 Å². The van der Waals surface area contributed by atoms with Crippen molar-refractivity contribution in [3.63, 3.8) is 0 Å². The quantitative estimate of drug-likeness (QED) is 0.877. The molecule has 0 aliphatic heterocycles. The van der Waals surface area contributed by atoms with Crippen LogP contribution in [-0.2, 0) is 0 Å². The van der Waals surface area contributed by atoms with E-state index in [-0.39, 0.29) is 17.8 Å². The summed E-state index contributed by atoms with van der Waals surface area (Å²) in [6, 6.07) is 9.77. The van der Waals surface area contributed by atoms with Gasteiger partial charge < -0.3 is 15.2 Å². The average Bonchev–Trinajstić information content (AvgIpc) is 2.48. The number of aromatic nitrogens is 1. The van der Waals surface area contributed by atoms with Gasteiger partial charge in [0.15, 0.2) is 11.5 Å². The van der Waals surface area contributed by atoms with Crippen molar-refractivity contribution in [2.45, 2.75) is 25.9 Å². The number of aromatic hydroxyl groups is 1. The van der Waals surface area contributed by atoms with Gasteiger partial charge >= 0.3 is 0 Å². The molecule has 2 aromatic rings. The Labute approximate surface area is 119 Å². The van der Waals surface area contributed by atoms with Crippen molar-refractivity contribution in [1.82, 2.24) is 10.3 Å². The minimum Gasteiger partial charge on any atom is -0.504 e. The number of hydrogen-bond acceptors (Lipinski definition) is 4. The van der Waals surface area contributed by atoms with Gasteiger partial charge in [-0.25, -0.2) is 0 Å². The fourth-order valence-corrected chi connectivity index (χ4v) is 2.18. The summed E-state index contributed by atoms with van der Waals surface area (Å²) in [5, 5.41) is 13.1. The normalized spacial score (nSPS) is 13.8. The first-order valence-electron chi connectivity index (χ1n) is 6.64. The molecule has 0 aliphatic carbocycles. The first-order valence-corrected chi connectivity index (χ1v) is 6.64. The zero-order valence-electron chi connectivity index (χ0n) is 12.0. The molecule has 0 radical (unpaired) electrons. The molecule has 0 amide bonds. The SMILES string of the molecule is COc1cc(C(C)NC(C)c2ccncc2)ccc1O. The second kappa shape index (κ2) is 6.39. The van der Waals surface area contributed by atoms with Gasteiger partial charge in [0.2, 0.25) is 0 Å². The van der Waals surface area contributed by atoms with Gasteiger partial charge in [0.05, 0.1) is 7.11 Å². The Kier molecular flexibility index (Phi) is 4.58. The van der Waals surface area contributed by atoms with E-state index in [2.05, 4.69) is 24.1 Å². The van der Waals surface area contributed by atoms with Crippen LogP contribution in [0.1, 0.15) is 37.1 Å². The lowest BCUT2D eigenvalue weighted by Gasteiger charge is -2.21. The van der Waals surface area contributed by atoms with E-state index in [0.717, 1.165) is 5.56 Å². The van der Waals surface area contributed by atoms with Gasteiger partial charge in [-0.2, -0.15) is 0 Å². The maximum atomic E-state index is 9.62. The highest BCUT2D eigenvalue weighted by molar-refractivity contribution is 5.42.